The normalized spacial score (nSPS) is 12.6. The summed E-state index contributed by atoms with van der Waals surface area (Å²) in [6.45, 7) is 5.63. The maximum absolute atomic E-state index is 11.1. The first-order valence-electron chi connectivity index (χ1n) is 5.20. The number of rotatable bonds is 4. The number of aryl methyl sites for hydroxylation is 1. The molecule has 16 heavy (non-hydrogen) atoms. The molecular weight excluding hydrogens is 206 g/mol. The number of aliphatic carboxylic acids is 1. The molecule has 0 bridgehead atoms. The number of methoxy groups -OCH3 is 1. The second kappa shape index (κ2) is 4.96. The molecule has 0 radical (unpaired) electrons. The van der Waals surface area contributed by atoms with Crippen molar-refractivity contribution in [2.24, 2.45) is 5.92 Å². The molecule has 0 aliphatic rings. The Morgan fingerprint density at radius 1 is 1.50 bits per heavy atom. The molecule has 0 saturated carbocycles. The quantitative estimate of drug-likeness (QED) is 0.850. The van der Waals surface area contributed by atoms with Crippen LogP contribution in [0.2, 0.25) is 0 Å². The molecule has 1 N–H and O–H groups in total. The largest absolute Gasteiger partial charge is 0.481 e. The van der Waals surface area contributed by atoms with E-state index in [4.69, 9.17) is 9.84 Å². The maximum atomic E-state index is 11.1. The Balaban J connectivity index is 3.12. The van der Waals surface area contributed by atoms with Crippen molar-refractivity contribution in [3.05, 3.63) is 23.4 Å². The van der Waals surface area contributed by atoms with Crippen LogP contribution in [0, 0.1) is 12.8 Å². The lowest BCUT2D eigenvalue weighted by molar-refractivity contribution is -0.139. The van der Waals surface area contributed by atoms with Crippen molar-refractivity contribution in [3.63, 3.8) is 0 Å². The molecule has 0 aromatic carbocycles. The summed E-state index contributed by atoms with van der Waals surface area (Å²) in [5.74, 6) is -0.762. The molecule has 88 valence electrons. The van der Waals surface area contributed by atoms with Gasteiger partial charge in [-0.15, -0.1) is 0 Å². The van der Waals surface area contributed by atoms with Gasteiger partial charge in [-0.05, 0) is 24.5 Å². The average molecular weight is 223 g/mol. The van der Waals surface area contributed by atoms with Crippen LogP contribution >= 0.6 is 0 Å². The summed E-state index contributed by atoms with van der Waals surface area (Å²) in [5.41, 5.74) is 1.58. The lowest BCUT2D eigenvalue weighted by atomic mass is 9.89. The van der Waals surface area contributed by atoms with Crippen molar-refractivity contribution in [2.45, 2.75) is 26.7 Å². The van der Waals surface area contributed by atoms with E-state index in [9.17, 15) is 4.79 Å². The highest BCUT2D eigenvalue weighted by Crippen LogP contribution is 2.27. The van der Waals surface area contributed by atoms with Crippen LogP contribution in [0.5, 0.6) is 5.88 Å². The van der Waals surface area contributed by atoms with Crippen LogP contribution in [0.1, 0.15) is 30.9 Å². The van der Waals surface area contributed by atoms with Crippen LogP contribution in [0.3, 0.4) is 0 Å². The maximum Gasteiger partial charge on any atom is 0.311 e. The minimum atomic E-state index is -0.818. The van der Waals surface area contributed by atoms with Gasteiger partial charge in [0.2, 0.25) is 5.88 Å². The van der Waals surface area contributed by atoms with Crippen molar-refractivity contribution in [3.8, 4) is 5.88 Å². The Hall–Kier alpha value is -1.58. The molecule has 1 unspecified atom stereocenters. The van der Waals surface area contributed by atoms with E-state index in [1.165, 1.54) is 0 Å². The summed E-state index contributed by atoms with van der Waals surface area (Å²) in [5, 5.41) is 9.16. The molecule has 1 rings (SSSR count). The van der Waals surface area contributed by atoms with Gasteiger partial charge in [0.05, 0.1) is 13.0 Å². The van der Waals surface area contributed by atoms with Crippen LogP contribution < -0.4 is 4.74 Å². The van der Waals surface area contributed by atoms with Crippen LogP contribution in [-0.2, 0) is 4.79 Å². The van der Waals surface area contributed by atoms with E-state index in [2.05, 4.69) is 4.98 Å². The highest BCUT2D eigenvalue weighted by Gasteiger charge is 2.24. The summed E-state index contributed by atoms with van der Waals surface area (Å²) in [6, 6.07) is 1.82. The summed E-state index contributed by atoms with van der Waals surface area (Å²) >= 11 is 0. The van der Waals surface area contributed by atoms with Gasteiger partial charge in [0.15, 0.2) is 0 Å². The minimum Gasteiger partial charge on any atom is -0.481 e. The Morgan fingerprint density at radius 2 is 2.12 bits per heavy atom. The van der Waals surface area contributed by atoms with E-state index < -0.39 is 11.9 Å². The number of hydrogen-bond donors (Lipinski definition) is 1. The monoisotopic (exact) mass is 223 g/mol. The summed E-state index contributed by atoms with van der Waals surface area (Å²) in [7, 11) is 1.55. The van der Waals surface area contributed by atoms with Gasteiger partial charge in [0, 0.05) is 11.8 Å². The molecule has 0 fully saturated rings. The van der Waals surface area contributed by atoms with E-state index in [1.54, 1.807) is 13.3 Å². The number of carbonyl (C=O) groups is 1. The van der Waals surface area contributed by atoms with E-state index in [0.717, 1.165) is 11.1 Å². The average Bonchev–Trinajstić information content (AvgIpc) is 2.16. The number of ether oxygens (including phenoxy) is 1. The first-order chi connectivity index (χ1) is 7.47. The molecular formula is C12H17NO3. The Labute approximate surface area is 95.3 Å². The fourth-order valence-electron chi connectivity index (χ4n) is 1.78. The molecule has 0 aliphatic heterocycles. The van der Waals surface area contributed by atoms with E-state index in [-0.39, 0.29) is 5.92 Å². The smallest absolute Gasteiger partial charge is 0.311 e. The molecule has 0 saturated heterocycles. The van der Waals surface area contributed by atoms with Crippen molar-refractivity contribution in [2.75, 3.05) is 7.11 Å². The van der Waals surface area contributed by atoms with Crippen molar-refractivity contribution in [1.82, 2.24) is 4.98 Å². The van der Waals surface area contributed by atoms with Gasteiger partial charge in [-0.3, -0.25) is 4.79 Å². The van der Waals surface area contributed by atoms with Gasteiger partial charge in [-0.2, -0.15) is 0 Å². The minimum absolute atomic E-state index is 0.0343. The van der Waals surface area contributed by atoms with E-state index in [0.29, 0.717) is 5.88 Å². The number of carboxylic acid groups (broad SMARTS) is 1. The number of pyridine rings is 1. The second-order valence-corrected chi connectivity index (χ2v) is 4.15. The number of nitrogens with zero attached hydrogens (tertiary/aromatic N) is 1. The molecule has 0 spiro atoms. The van der Waals surface area contributed by atoms with Gasteiger partial charge in [0.25, 0.3) is 0 Å². The standard InChI is InChI=1S/C12H17NO3/c1-7(2)10(12(14)15)9-5-8(3)11(16-4)13-6-9/h5-7,10H,1-4H3,(H,14,15). The molecule has 1 aromatic rings. The Kier molecular flexibility index (Phi) is 3.88. The fraction of sp³-hybridized carbons (Fsp3) is 0.500. The molecule has 1 atom stereocenters. The lowest BCUT2D eigenvalue weighted by Crippen LogP contribution is -2.17. The lowest BCUT2D eigenvalue weighted by Gasteiger charge is -2.17. The van der Waals surface area contributed by atoms with Gasteiger partial charge in [0.1, 0.15) is 0 Å². The zero-order valence-corrected chi connectivity index (χ0v) is 10.0. The first kappa shape index (κ1) is 12.5. The number of hydrogen-bond acceptors (Lipinski definition) is 3. The predicted octanol–water partition coefficient (Wildman–Crippen LogP) is 2.22. The third kappa shape index (κ3) is 2.51. The van der Waals surface area contributed by atoms with Gasteiger partial charge < -0.3 is 9.84 Å². The predicted molar refractivity (Wildman–Crippen MR) is 60.7 cm³/mol. The highest BCUT2D eigenvalue weighted by atomic mass is 16.5. The topological polar surface area (TPSA) is 59.4 Å². The molecule has 4 nitrogen and oxygen atoms in total. The van der Waals surface area contributed by atoms with Gasteiger partial charge in [-0.25, -0.2) is 4.98 Å². The zero-order chi connectivity index (χ0) is 12.3. The van der Waals surface area contributed by atoms with Crippen molar-refractivity contribution < 1.29 is 14.6 Å². The highest BCUT2D eigenvalue weighted by molar-refractivity contribution is 5.76. The molecule has 4 heteroatoms. The molecule has 0 amide bonds. The van der Waals surface area contributed by atoms with Crippen molar-refractivity contribution >= 4 is 5.97 Å². The van der Waals surface area contributed by atoms with E-state index in [1.807, 2.05) is 26.8 Å². The fourth-order valence-corrected chi connectivity index (χ4v) is 1.78. The number of aromatic nitrogens is 1. The van der Waals surface area contributed by atoms with Gasteiger partial charge >= 0.3 is 5.97 Å². The van der Waals surface area contributed by atoms with Crippen LogP contribution in [0.15, 0.2) is 12.3 Å². The van der Waals surface area contributed by atoms with Crippen LogP contribution in [0.4, 0.5) is 0 Å². The Bertz CT molecular complexity index is 388. The number of carboxylic acids is 1. The second-order valence-electron chi connectivity index (χ2n) is 4.15. The summed E-state index contributed by atoms with van der Waals surface area (Å²) in [4.78, 5) is 15.2. The summed E-state index contributed by atoms with van der Waals surface area (Å²) in [6.07, 6.45) is 1.57. The van der Waals surface area contributed by atoms with Crippen molar-refractivity contribution in [1.29, 1.82) is 0 Å². The molecule has 1 heterocycles. The third-order valence-electron chi connectivity index (χ3n) is 2.54. The third-order valence-corrected chi connectivity index (χ3v) is 2.54. The summed E-state index contributed by atoms with van der Waals surface area (Å²) < 4.78 is 5.04. The molecule has 1 aromatic heterocycles. The molecule has 0 aliphatic carbocycles. The zero-order valence-electron chi connectivity index (χ0n) is 10.0. The first-order valence-corrected chi connectivity index (χ1v) is 5.20. The van der Waals surface area contributed by atoms with Crippen LogP contribution in [-0.4, -0.2) is 23.2 Å². The van der Waals surface area contributed by atoms with Gasteiger partial charge in [-0.1, -0.05) is 13.8 Å². The van der Waals surface area contributed by atoms with E-state index >= 15 is 0 Å². The Morgan fingerprint density at radius 3 is 2.50 bits per heavy atom. The SMILES string of the molecule is COc1ncc(C(C(=O)O)C(C)C)cc1C. The van der Waals surface area contributed by atoms with Crippen LogP contribution in [0.25, 0.3) is 0 Å².